The molecule has 11 heteroatoms. The Morgan fingerprint density at radius 2 is 1.59 bits per heavy atom. The van der Waals surface area contributed by atoms with Gasteiger partial charge in [0.15, 0.2) is 0 Å². The second-order valence-electron chi connectivity index (χ2n) is 7.82. The fourth-order valence-corrected chi connectivity index (χ4v) is 4.17. The number of esters is 1. The molecule has 176 valence electrons. The van der Waals surface area contributed by atoms with Crippen molar-refractivity contribution in [3.63, 3.8) is 0 Å². The zero-order valence-electron chi connectivity index (χ0n) is 16.9. The van der Waals surface area contributed by atoms with Crippen LogP contribution in [0.15, 0.2) is 42.5 Å². The third-order valence-electron chi connectivity index (χ3n) is 5.71. The van der Waals surface area contributed by atoms with E-state index in [0.717, 1.165) is 6.42 Å². The van der Waals surface area contributed by atoms with E-state index in [0.29, 0.717) is 31.2 Å². The lowest BCUT2D eigenvalue weighted by Crippen LogP contribution is -2.73. The van der Waals surface area contributed by atoms with Crippen molar-refractivity contribution < 1.29 is 45.4 Å². The van der Waals surface area contributed by atoms with Gasteiger partial charge in [0.2, 0.25) is 0 Å². The largest absolute Gasteiger partial charge is 0.453 e. The van der Waals surface area contributed by atoms with Gasteiger partial charge in [-0.2, -0.15) is 26.3 Å². The number of carbonyl (C=O) groups is 2. The van der Waals surface area contributed by atoms with E-state index < -0.39 is 59.2 Å². The molecule has 0 atom stereocenters. The summed E-state index contributed by atoms with van der Waals surface area (Å²) in [6.45, 7) is 0.270. The smallest absolute Gasteiger partial charge is 0.446 e. The highest BCUT2D eigenvalue weighted by Crippen LogP contribution is 2.50. The molecule has 0 unspecified atom stereocenters. The normalized spacial score (nSPS) is 21.4. The average molecular weight is 465 g/mol. The van der Waals surface area contributed by atoms with Crippen LogP contribution in [0.1, 0.15) is 37.7 Å². The Morgan fingerprint density at radius 1 is 1.03 bits per heavy atom. The standard InChI is InChI=1S/C21H21F6NO4/c1-14-13-31-19(20(22,23)24,21(25,26)27)28(17(14)30)12-16(29)32-18(10-6-3-7-11-18)15-8-4-2-5-9-15/h2,4-5,8-9H,1,3,6-7,10-13H2. The molecule has 0 N–H and O–H groups in total. The minimum atomic E-state index is -6.07. The summed E-state index contributed by atoms with van der Waals surface area (Å²) in [6.07, 6.45) is -9.28. The van der Waals surface area contributed by atoms with E-state index in [2.05, 4.69) is 11.3 Å². The molecule has 0 spiro atoms. The number of hydrogen-bond acceptors (Lipinski definition) is 4. The maximum atomic E-state index is 13.7. The van der Waals surface area contributed by atoms with Crippen LogP contribution in [0.25, 0.3) is 0 Å². The Kier molecular flexibility index (Phi) is 6.34. The van der Waals surface area contributed by atoms with Crippen LogP contribution in [0.5, 0.6) is 0 Å². The average Bonchev–Trinajstić information content (AvgIpc) is 2.71. The minimum absolute atomic E-state index is 0.351. The van der Waals surface area contributed by atoms with E-state index in [1.807, 2.05) is 0 Å². The Bertz CT molecular complexity index is 861. The van der Waals surface area contributed by atoms with Crippen LogP contribution in [0, 0.1) is 0 Å². The fourth-order valence-electron chi connectivity index (χ4n) is 4.17. The number of nitrogens with zero attached hydrogens (tertiary/aromatic N) is 1. The molecule has 32 heavy (non-hydrogen) atoms. The molecule has 1 aliphatic carbocycles. The van der Waals surface area contributed by atoms with Gasteiger partial charge in [0.1, 0.15) is 12.1 Å². The predicted molar refractivity (Wildman–Crippen MR) is 98.9 cm³/mol. The van der Waals surface area contributed by atoms with Gasteiger partial charge in [0.25, 0.3) is 5.91 Å². The van der Waals surface area contributed by atoms with E-state index in [9.17, 15) is 35.9 Å². The lowest BCUT2D eigenvalue weighted by atomic mass is 9.79. The molecule has 1 saturated heterocycles. The summed E-state index contributed by atoms with van der Waals surface area (Å²) in [4.78, 5) is 24.4. The first-order valence-corrected chi connectivity index (χ1v) is 9.89. The number of alkyl halides is 6. The molecular formula is C21H21F6NO4. The van der Waals surface area contributed by atoms with Crippen LogP contribution in [-0.4, -0.2) is 48.0 Å². The van der Waals surface area contributed by atoms with Crippen LogP contribution in [0.3, 0.4) is 0 Å². The molecule has 0 bridgehead atoms. The molecule has 1 aliphatic heterocycles. The molecule has 1 heterocycles. The van der Waals surface area contributed by atoms with Crippen LogP contribution in [0.2, 0.25) is 0 Å². The summed E-state index contributed by atoms with van der Waals surface area (Å²) >= 11 is 0. The first-order chi connectivity index (χ1) is 14.8. The lowest BCUT2D eigenvalue weighted by Gasteiger charge is -2.47. The van der Waals surface area contributed by atoms with Crippen molar-refractivity contribution >= 4 is 11.9 Å². The molecule has 1 saturated carbocycles. The van der Waals surface area contributed by atoms with Crippen LogP contribution >= 0.6 is 0 Å². The molecular weight excluding hydrogens is 444 g/mol. The molecule has 2 fully saturated rings. The zero-order chi connectivity index (χ0) is 23.8. The van der Waals surface area contributed by atoms with Gasteiger partial charge in [-0.25, -0.2) is 0 Å². The van der Waals surface area contributed by atoms with E-state index in [4.69, 9.17) is 4.74 Å². The Hall–Kier alpha value is -2.56. The summed E-state index contributed by atoms with van der Waals surface area (Å²) in [6, 6.07) is 8.43. The first-order valence-electron chi connectivity index (χ1n) is 9.89. The maximum absolute atomic E-state index is 13.7. The minimum Gasteiger partial charge on any atom is -0.453 e. The van der Waals surface area contributed by atoms with Gasteiger partial charge in [-0.3, -0.25) is 14.5 Å². The molecule has 3 rings (SSSR count). The number of hydrogen-bond donors (Lipinski definition) is 0. The Labute approximate surface area is 180 Å². The number of ether oxygens (including phenoxy) is 2. The van der Waals surface area contributed by atoms with Crippen molar-refractivity contribution in [3.8, 4) is 0 Å². The predicted octanol–water partition coefficient (Wildman–Crippen LogP) is 4.63. The molecule has 2 aliphatic rings. The topological polar surface area (TPSA) is 55.8 Å². The number of rotatable bonds is 4. The Balaban J connectivity index is 1.95. The SMILES string of the molecule is C=C1COC(C(F)(F)F)(C(F)(F)F)N(CC(=O)OC2(c3ccccc3)CCCCC2)C1=O. The number of amides is 1. The number of carbonyl (C=O) groups excluding carboxylic acids is 2. The summed E-state index contributed by atoms with van der Waals surface area (Å²) in [5, 5.41) is 0. The monoisotopic (exact) mass is 465 g/mol. The lowest BCUT2D eigenvalue weighted by molar-refractivity contribution is -0.422. The summed E-state index contributed by atoms with van der Waals surface area (Å²) in [5.74, 6) is -3.08. The van der Waals surface area contributed by atoms with E-state index in [1.165, 1.54) is 0 Å². The number of halogens is 6. The number of benzene rings is 1. The highest BCUT2D eigenvalue weighted by Gasteiger charge is 2.78. The zero-order valence-corrected chi connectivity index (χ0v) is 16.9. The molecule has 1 aromatic rings. The van der Waals surface area contributed by atoms with Gasteiger partial charge in [0, 0.05) is 5.57 Å². The molecule has 5 nitrogen and oxygen atoms in total. The molecule has 0 radical (unpaired) electrons. The van der Waals surface area contributed by atoms with Crippen LogP contribution in [-0.2, 0) is 24.7 Å². The fraction of sp³-hybridized carbons (Fsp3) is 0.524. The van der Waals surface area contributed by atoms with Crippen molar-refractivity contribution in [2.45, 2.75) is 55.8 Å². The van der Waals surface area contributed by atoms with Crippen molar-refractivity contribution in [1.82, 2.24) is 4.90 Å². The van der Waals surface area contributed by atoms with Gasteiger partial charge in [-0.15, -0.1) is 0 Å². The van der Waals surface area contributed by atoms with E-state index in [1.54, 1.807) is 30.3 Å². The van der Waals surface area contributed by atoms with Gasteiger partial charge in [-0.1, -0.05) is 43.3 Å². The highest BCUT2D eigenvalue weighted by atomic mass is 19.4. The third kappa shape index (κ3) is 4.10. The first kappa shape index (κ1) is 24.1. The summed E-state index contributed by atoms with van der Waals surface area (Å²) in [5.41, 5.74) is -6.25. The second kappa shape index (κ2) is 8.42. The summed E-state index contributed by atoms with van der Waals surface area (Å²) < 4.78 is 91.7. The van der Waals surface area contributed by atoms with Gasteiger partial charge < -0.3 is 9.47 Å². The van der Waals surface area contributed by atoms with E-state index >= 15 is 0 Å². The van der Waals surface area contributed by atoms with Crippen LogP contribution < -0.4 is 0 Å². The summed E-state index contributed by atoms with van der Waals surface area (Å²) in [7, 11) is 0. The van der Waals surface area contributed by atoms with E-state index in [-0.39, 0.29) is 0 Å². The van der Waals surface area contributed by atoms with Crippen molar-refractivity contribution in [3.05, 3.63) is 48.0 Å². The second-order valence-corrected chi connectivity index (χ2v) is 7.82. The van der Waals surface area contributed by atoms with Crippen molar-refractivity contribution in [2.75, 3.05) is 13.2 Å². The molecule has 1 aromatic carbocycles. The van der Waals surface area contributed by atoms with Gasteiger partial charge in [0.05, 0.1) is 6.61 Å². The maximum Gasteiger partial charge on any atom is 0.446 e. The van der Waals surface area contributed by atoms with Crippen LogP contribution in [0.4, 0.5) is 26.3 Å². The van der Waals surface area contributed by atoms with Gasteiger partial charge >= 0.3 is 24.0 Å². The van der Waals surface area contributed by atoms with Crippen molar-refractivity contribution in [1.29, 1.82) is 0 Å². The molecule has 1 amide bonds. The molecule has 0 aromatic heterocycles. The quantitative estimate of drug-likeness (QED) is 0.370. The van der Waals surface area contributed by atoms with Gasteiger partial charge in [-0.05, 0) is 31.2 Å². The van der Waals surface area contributed by atoms with Crippen molar-refractivity contribution in [2.24, 2.45) is 0 Å². The Morgan fingerprint density at radius 3 is 2.12 bits per heavy atom. The third-order valence-corrected chi connectivity index (χ3v) is 5.71. The highest BCUT2D eigenvalue weighted by molar-refractivity contribution is 5.96.